The lowest BCUT2D eigenvalue weighted by Crippen LogP contribution is -2.14. The van der Waals surface area contributed by atoms with Gasteiger partial charge in [0.1, 0.15) is 10.8 Å². The molecule has 0 spiro atoms. The van der Waals surface area contributed by atoms with Gasteiger partial charge in [0.05, 0.1) is 4.47 Å². The molecule has 3 N–H and O–H groups in total. The molecule has 6 heteroatoms. The van der Waals surface area contributed by atoms with Crippen LogP contribution in [0.25, 0.3) is 0 Å². The van der Waals surface area contributed by atoms with Gasteiger partial charge >= 0.3 is 0 Å². The van der Waals surface area contributed by atoms with Crippen molar-refractivity contribution in [1.82, 2.24) is 0 Å². The van der Waals surface area contributed by atoms with Crippen LogP contribution < -0.4 is 11.1 Å². The quantitative estimate of drug-likeness (QED) is 0.831. The largest absolute Gasteiger partial charge is 0.389 e. The van der Waals surface area contributed by atoms with Crippen molar-refractivity contribution in [2.24, 2.45) is 5.73 Å². The van der Waals surface area contributed by atoms with Crippen molar-refractivity contribution in [3.63, 3.8) is 0 Å². The summed E-state index contributed by atoms with van der Waals surface area (Å²) >= 11 is 7.91. The zero-order valence-corrected chi connectivity index (χ0v) is 12.6. The molecule has 20 heavy (non-hydrogen) atoms. The van der Waals surface area contributed by atoms with E-state index in [1.54, 1.807) is 30.3 Å². The van der Waals surface area contributed by atoms with E-state index in [0.717, 1.165) is 0 Å². The zero-order chi connectivity index (χ0) is 14.7. The third-order valence-electron chi connectivity index (χ3n) is 2.59. The number of nitrogens with one attached hydrogen (secondary N) is 1. The highest BCUT2D eigenvalue weighted by Gasteiger charge is 2.09. The Balaban J connectivity index is 2.21. The fourth-order valence-corrected chi connectivity index (χ4v) is 1.96. The molecule has 0 aliphatic rings. The average molecular weight is 353 g/mol. The molecular weight excluding hydrogens is 343 g/mol. The minimum absolute atomic E-state index is 0.217. The van der Waals surface area contributed by atoms with Crippen molar-refractivity contribution in [2.75, 3.05) is 5.32 Å². The second kappa shape index (κ2) is 6.11. The fraction of sp³-hybridized carbons (Fsp3) is 0. The van der Waals surface area contributed by atoms with Crippen molar-refractivity contribution < 1.29 is 9.18 Å². The van der Waals surface area contributed by atoms with Gasteiger partial charge in [-0.2, -0.15) is 0 Å². The Morgan fingerprint density at radius 3 is 2.55 bits per heavy atom. The lowest BCUT2D eigenvalue weighted by atomic mass is 10.1. The molecule has 0 saturated carbocycles. The molecule has 3 nitrogen and oxygen atoms in total. The van der Waals surface area contributed by atoms with Crippen molar-refractivity contribution in [1.29, 1.82) is 0 Å². The summed E-state index contributed by atoms with van der Waals surface area (Å²) in [5, 5.41) is 2.61. The Morgan fingerprint density at radius 1 is 1.20 bits per heavy atom. The number of nitrogens with two attached hydrogens (primary N) is 1. The third-order valence-corrected chi connectivity index (χ3v) is 3.47. The number of thiocarbonyl (C=S) groups is 1. The van der Waals surface area contributed by atoms with E-state index < -0.39 is 5.82 Å². The maximum atomic E-state index is 13.4. The van der Waals surface area contributed by atoms with Crippen LogP contribution in [0.1, 0.15) is 15.9 Å². The number of anilines is 1. The molecule has 0 fully saturated rings. The first kappa shape index (κ1) is 14.6. The van der Waals surface area contributed by atoms with E-state index in [0.29, 0.717) is 21.3 Å². The zero-order valence-electron chi connectivity index (χ0n) is 10.2. The third kappa shape index (κ3) is 3.40. The van der Waals surface area contributed by atoms with Crippen LogP contribution >= 0.6 is 28.1 Å². The Hall–Kier alpha value is -1.79. The number of halogens is 2. The molecule has 2 rings (SSSR count). The Labute approximate surface area is 129 Å². The number of rotatable bonds is 3. The minimum Gasteiger partial charge on any atom is -0.389 e. The highest BCUT2D eigenvalue weighted by Crippen LogP contribution is 2.20. The van der Waals surface area contributed by atoms with Gasteiger partial charge in [-0.05, 0) is 46.3 Å². The molecule has 2 aromatic carbocycles. The molecule has 102 valence electrons. The van der Waals surface area contributed by atoms with E-state index in [9.17, 15) is 9.18 Å². The van der Waals surface area contributed by atoms with Crippen molar-refractivity contribution in [3.8, 4) is 0 Å². The van der Waals surface area contributed by atoms with Gasteiger partial charge in [-0.3, -0.25) is 4.79 Å². The van der Waals surface area contributed by atoms with Gasteiger partial charge < -0.3 is 11.1 Å². The van der Waals surface area contributed by atoms with Gasteiger partial charge in [0.25, 0.3) is 5.91 Å². The summed E-state index contributed by atoms with van der Waals surface area (Å²) < 4.78 is 13.7. The van der Waals surface area contributed by atoms with Gasteiger partial charge in [0.15, 0.2) is 0 Å². The van der Waals surface area contributed by atoms with E-state index in [-0.39, 0.29) is 10.9 Å². The van der Waals surface area contributed by atoms with Crippen LogP contribution in [0, 0.1) is 5.82 Å². The minimum atomic E-state index is -0.445. The van der Waals surface area contributed by atoms with Crippen LogP contribution in [0.15, 0.2) is 46.9 Å². The van der Waals surface area contributed by atoms with Gasteiger partial charge in [-0.25, -0.2) is 4.39 Å². The fourth-order valence-electron chi connectivity index (χ4n) is 1.59. The predicted octanol–water partition coefficient (Wildman–Crippen LogP) is 3.47. The smallest absolute Gasteiger partial charge is 0.255 e. The number of amides is 1. The summed E-state index contributed by atoms with van der Waals surface area (Å²) in [5.41, 5.74) is 6.90. The summed E-state index contributed by atoms with van der Waals surface area (Å²) in [4.78, 5) is 12.3. The molecule has 0 bridgehead atoms. The van der Waals surface area contributed by atoms with Crippen molar-refractivity contribution >= 4 is 44.7 Å². The molecule has 0 radical (unpaired) electrons. The summed E-state index contributed by atoms with van der Waals surface area (Å²) in [6.07, 6.45) is 0. The number of hydrogen-bond donors (Lipinski definition) is 2. The van der Waals surface area contributed by atoms with Crippen molar-refractivity contribution in [3.05, 3.63) is 63.9 Å². The average Bonchev–Trinajstić information content (AvgIpc) is 2.43. The van der Waals surface area contributed by atoms with Crippen LogP contribution in [0.5, 0.6) is 0 Å². The maximum absolute atomic E-state index is 13.4. The highest BCUT2D eigenvalue weighted by molar-refractivity contribution is 9.10. The lowest BCUT2D eigenvalue weighted by molar-refractivity contribution is 0.102. The van der Waals surface area contributed by atoms with Gasteiger partial charge in [0, 0.05) is 16.8 Å². The number of carbonyl (C=O) groups excluding carboxylic acids is 1. The highest BCUT2D eigenvalue weighted by atomic mass is 79.9. The van der Waals surface area contributed by atoms with Gasteiger partial charge in [-0.1, -0.05) is 24.4 Å². The van der Waals surface area contributed by atoms with E-state index in [1.165, 1.54) is 12.1 Å². The van der Waals surface area contributed by atoms with Gasteiger partial charge in [-0.15, -0.1) is 0 Å². The molecule has 2 aromatic rings. The molecule has 1 amide bonds. The van der Waals surface area contributed by atoms with Crippen LogP contribution in [0.2, 0.25) is 0 Å². The molecule has 0 heterocycles. The first-order chi connectivity index (χ1) is 9.47. The maximum Gasteiger partial charge on any atom is 0.255 e. The molecule has 0 aliphatic heterocycles. The Bertz CT molecular complexity index is 691. The lowest BCUT2D eigenvalue weighted by Gasteiger charge is -2.07. The molecule has 0 aromatic heterocycles. The van der Waals surface area contributed by atoms with E-state index in [2.05, 4.69) is 21.2 Å². The predicted molar refractivity (Wildman–Crippen MR) is 84.4 cm³/mol. The standard InChI is InChI=1S/C14H10BrFN2OS/c15-11-5-4-10(7-12(11)16)18-14(19)9-3-1-2-8(6-9)13(17)20/h1-7H,(H2,17,20)(H,18,19). The summed E-state index contributed by atoms with van der Waals surface area (Å²) in [6.45, 7) is 0. The summed E-state index contributed by atoms with van der Waals surface area (Å²) in [6, 6.07) is 11.0. The number of carbonyl (C=O) groups is 1. The van der Waals surface area contributed by atoms with Crippen LogP contribution in [-0.4, -0.2) is 10.9 Å². The van der Waals surface area contributed by atoms with Crippen LogP contribution in [0.3, 0.4) is 0 Å². The van der Waals surface area contributed by atoms with Gasteiger partial charge in [0.2, 0.25) is 0 Å². The monoisotopic (exact) mass is 352 g/mol. The SMILES string of the molecule is NC(=S)c1cccc(C(=O)Nc2ccc(Br)c(F)c2)c1. The molecule has 0 atom stereocenters. The Kier molecular flexibility index (Phi) is 4.46. The first-order valence-electron chi connectivity index (χ1n) is 5.63. The normalized spacial score (nSPS) is 10.1. The van der Waals surface area contributed by atoms with Crippen LogP contribution in [-0.2, 0) is 0 Å². The summed E-state index contributed by atoms with van der Waals surface area (Å²) in [7, 11) is 0. The van der Waals surface area contributed by atoms with E-state index >= 15 is 0 Å². The molecule has 0 unspecified atom stereocenters. The number of hydrogen-bond acceptors (Lipinski definition) is 2. The molecule has 0 saturated heterocycles. The second-order valence-corrected chi connectivity index (χ2v) is 5.32. The van der Waals surface area contributed by atoms with Crippen molar-refractivity contribution in [2.45, 2.75) is 0 Å². The number of benzene rings is 2. The molecular formula is C14H10BrFN2OS. The first-order valence-corrected chi connectivity index (χ1v) is 6.84. The van der Waals surface area contributed by atoms with E-state index in [4.69, 9.17) is 18.0 Å². The Morgan fingerprint density at radius 2 is 1.90 bits per heavy atom. The molecule has 0 aliphatic carbocycles. The van der Waals surface area contributed by atoms with E-state index in [1.807, 2.05) is 0 Å². The second-order valence-electron chi connectivity index (χ2n) is 4.03. The topological polar surface area (TPSA) is 55.1 Å². The van der Waals surface area contributed by atoms with Crippen LogP contribution in [0.4, 0.5) is 10.1 Å². The summed E-state index contributed by atoms with van der Waals surface area (Å²) in [5.74, 6) is -0.801.